The maximum absolute atomic E-state index is 9.13. The van der Waals surface area contributed by atoms with E-state index in [1.165, 1.54) is 32.5 Å². The Balaban J connectivity index is 2.37. The number of piperidine rings is 1. The van der Waals surface area contributed by atoms with Crippen LogP contribution in [0.4, 0.5) is 0 Å². The number of likely N-dealkylation sites (tertiary alicyclic amines) is 1. The number of hydrogen-bond donors (Lipinski definition) is 2. The van der Waals surface area contributed by atoms with Gasteiger partial charge in [-0.3, -0.25) is 0 Å². The molecule has 0 aromatic rings. The van der Waals surface area contributed by atoms with Crippen molar-refractivity contribution in [2.45, 2.75) is 59.0 Å². The molecule has 1 rings (SSSR count). The van der Waals surface area contributed by atoms with Crippen LogP contribution in [0.3, 0.4) is 0 Å². The van der Waals surface area contributed by atoms with Crippen LogP contribution in [-0.4, -0.2) is 48.3 Å². The third-order valence-electron chi connectivity index (χ3n) is 4.51. The van der Waals surface area contributed by atoms with Crippen LogP contribution in [0.2, 0.25) is 0 Å². The molecule has 3 heteroatoms. The molecule has 108 valence electrons. The molecular formula is C15H32N2O. The van der Waals surface area contributed by atoms with E-state index in [9.17, 15) is 0 Å². The van der Waals surface area contributed by atoms with E-state index < -0.39 is 0 Å². The molecule has 3 nitrogen and oxygen atoms in total. The van der Waals surface area contributed by atoms with Crippen molar-refractivity contribution < 1.29 is 5.11 Å². The molecule has 18 heavy (non-hydrogen) atoms. The number of nitrogens with zero attached hydrogens (tertiary/aromatic N) is 1. The van der Waals surface area contributed by atoms with Crippen molar-refractivity contribution in [2.24, 2.45) is 11.8 Å². The van der Waals surface area contributed by atoms with Crippen LogP contribution < -0.4 is 5.32 Å². The van der Waals surface area contributed by atoms with E-state index >= 15 is 0 Å². The molecule has 2 N–H and O–H groups in total. The molecule has 0 aromatic heterocycles. The lowest BCUT2D eigenvalue weighted by Crippen LogP contribution is -2.47. The largest absolute Gasteiger partial charge is 0.396 e. The monoisotopic (exact) mass is 256 g/mol. The molecule has 0 saturated carbocycles. The zero-order valence-electron chi connectivity index (χ0n) is 12.7. The Hall–Kier alpha value is -0.120. The SMILES string of the molecule is CCN1CCC(C(C)NC(CCO)C(C)C)CC1. The second-order valence-corrected chi connectivity index (χ2v) is 6.09. The summed E-state index contributed by atoms with van der Waals surface area (Å²) < 4.78 is 0. The summed E-state index contributed by atoms with van der Waals surface area (Å²) in [5, 5.41) is 12.9. The average Bonchev–Trinajstić information content (AvgIpc) is 2.38. The van der Waals surface area contributed by atoms with Crippen molar-refractivity contribution in [3.63, 3.8) is 0 Å². The molecule has 1 aliphatic heterocycles. The van der Waals surface area contributed by atoms with Crippen molar-refractivity contribution in [3.8, 4) is 0 Å². The van der Waals surface area contributed by atoms with Crippen LogP contribution in [0, 0.1) is 11.8 Å². The summed E-state index contributed by atoms with van der Waals surface area (Å²) in [6.45, 7) is 13.0. The number of nitrogens with one attached hydrogen (secondary N) is 1. The van der Waals surface area contributed by atoms with Crippen LogP contribution in [0.15, 0.2) is 0 Å². The maximum Gasteiger partial charge on any atom is 0.0445 e. The van der Waals surface area contributed by atoms with Gasteiger partial charge in [-0.15, -0.1) is 0 Å². The first-order valence-corrected chi connectivity index (χ1v) is 7.67. The summed E-state index contributed by atoms with van der Waals surface area (Å²) in [4.78, 5) is 2.54. The van der Waals surface area contributed by atoms with Gasteiger partial charge in [0, 0.05) is 18.7 Å². The Morgan fingerprint density at radius 2 is 1.83 bits per heavy atom. The first-order valence-electron chi connectivity index (χ1n) is 7.67. The zero-order valence-corrected chi connectivity index (χ0v) is 12.7. The highest BCUT2D eigenvalue weighted by Gasteiger charge is 2.25. The molecule has 1 saturated heterocycles. The van der Waals surface area contributed by atoms with E-state index in [1.807, 2.05) is 0 Å². The fraction of sp³-hybridized carbons (Fsp3) is 1.00. The van der Waals surface area contributed by atoms with Crippen LogP contribution in [0.25, 0.3) is 0 Å². The first kappa shape index (κ1) is 15.9. The Bertz CT molecular complexity index is 213. The lowest BCUT2D eigenvalue weighted by molar-refractivity contribution is 0.154. The molecule has 1 aliphatic rings. The normalized spacial score (nSPS) is 22.3. The Labute approximate surface area is 113 Å². The molecule has 2 unspecified atom stereocenters. The molecule has 2 atom stereocenters. The number of rotatable bonds is 7. The summed E-state index contributed by atoms with van der Waals surface area (Å²) in [5.41, 5.74) is 0. The van der Waals surface area contributed by atoms with Crippen LogP contribution in [-0.2, 0) is 0 Å². The lowest BCUT2D eigenvalue weighted by atomic mass is 9.88. The molecule has 0 bridgehead atoms. The van der Waals surface area contributed by atoms with Gasteiger partial charge in [0.05, 0.1) is 0 Å². The summed E-state index contributed by atoms with van der Waals surface area (Å²) in [5.74, 6) is 1.39. The van der Waals surface area contributed by atoms with E-state index in [-0.39, 0.29) is 6.61 Å². The van der Waals surface area contributed by atoms with Crippen LogP contribution in [0.1, 0.15) is 47.0 Å². The van der Waals surface area contributed by atoms with Gasteiger partial charge in [-0.25, -0.2) is 0 Å². The third kappa shape index (κ3) is 4.87. The van der Waals surface area contributed by atoms with E-state index in [0.29, 0.717) is 18.0 Å². The Morgan fingerprint density at radius 1 is 1.22 bits per heavy atom. The van der Waals surface area contributed by atoms with Crippen molar-refractivity contribution in [3.05, 3.63) is 0 Å². The third-order valence-corrected chi connectivity index (χ3v) is 4.51. The van der Waals surface area contributed by atoms with Gasteiger partial charge >= 0.3 is 0 Å². The summed E-state index contributed by atoms with van der Waals surface area (Å²) in [7, 11) is 0. The molecule has 0 radical (unpaired) electrons. The molecule has 0 amide bonds. The predicted octanol–water partition coefficient (Wildman–Crippen LogP) is 2.10. The Morgan fingerprint density at radius 3 is 2.28 bits per heavy atom. The summed E-state index contributed by atoms with van der Waals surface area (Å²) >= 11 is 0. The van der Waals surface area contributed by atoms with Gasteiger partial charge in [0.2, 0.25) is 0 Å². The van der Waals surface area contributed by atoms with Gasteiger partial charge in [0.15, 0.2) is 0 Å². The minimum absolute atomic E-state index is 0.289. The first-order chi connectivity index (χ1) is 8.58. The molecular weight excluding hydrogens is 224 g/mol. The predicted molar refractivity (Wildman–Crippen MR) is 77.8 cm³/mol. The van der Waals surface area contributed by atoms with Gasteiger partial charge in [0.25, 0.3) is 0 Å². The van der Waals surface area contributed by atoms with Gasteiger partial charge in [-0.05, 0) is 57.7 Å². The fourth-order valence-corrected chi connectivity index (χ4v) is 2.99. The maximum atomic E-state index is 9.13. The van der Waals surface area contributed by atoms with E-state index in [2.05, 4.69) is 37.9 Å². The smallest absolute Gasteiger partial charge is 0.0445 e. The van der Waals surface area contributed by atoms with Gasteiger partial charge in [-0.2, -0.15) is 0 Å². The van der Waals surface area contributed by atoms with Gasteiger partial charge in [-0.1, -0.05) is 20.8 Å². The highest BCUT2D eigenvalue weighted by Crippen LogP contribution is 2.21. The second-order valence-electron chi connectivity index (χ2n) is 6.09. The highest BCUT2D eigenvalue weighted by molar-refractivity contribution is 4.82. The van der Waals surface area contributed by atoms with E-state index in [1.54, 1.807) is 0 Å². The van der Waals surface area contributed by atoms with Gasteiger partial charge < -0.3 is 15.3 Å². The molecule has 1 fully saturated rings. The minimum atomic E-state index is 0.289. The van der Waals surface area contributed by atoms with E-state index in [4.69, 9.17) is 5.11 Å². The number of aliphatic hydroxyl groups excluding tert-OH is 1. The van der Waals surface area contributed by atoms with Crippen LogP contribution >= 0.6 is 0 Å². The lowest BCUT2D eigenvalue weighted by Gasteiger charge is -2.37. The highest BCUT2D eigenvalue weighted by atomic mass is 16.3. The number of aliphatic hydroxyl groups is 1. The van der Waals surface area contributed by atoms with Crippen molar-refractivity contribution in [1.82, 2.24) is 10.2 Å². The van der Waals surface area contributed by atoms with Crippen molar-refractivity contribution in [2.75, 3.05) is 26.2 Å². The fourth-order valence-electron chi connectivity index (χ4n) is 2.99. The average molecular weight is 256 g/mol. The molecule has 1 heterocycles. The number of hydrogen-bond acceptors (Lipinski definition) is 3. The van der Waals surface area contributed by atoms with Crippen LogP contribution in [0.5, 0.6) is 0 Å². The summed E-state index contributed by atoms with van der Waals surface area (Å²) in [6, 6.07) is 1.03. The van der Waals surface area contributed by atoms with E-state index in [0.717, 1.165) is 12.3 Å². The summed E-state index contributed by atoms with van der Waals surface area (Å²) in [6.07, 6.45) is 3.49. The van der Waals surface area contributed by atoms with Gasteiger partial charge in [0.1, 0.15) is 0 Å². The van der Waals surface area contributed by atoms with Crippen molar-refractivity contribution in [1.29, 1.82) is 0 Å². The quantitative estimate of drug-likeness (QED) is 0.732. The standard InChI is InChI=1S/C15H32N2O/c1-5-17-9-6-14(7-10-17)13(4)16-15(8-11-18)12(2)3/h12-16,18H,5-11H2,1-4H3. The molecule has 0 spiro atoms. The minimum Gasteiger partial charge on any atom is -0.396 e. The molecule has 0 aromatic carbocycles. The molecule has 0 aliphatic carbocycles. The Kier molecular flexibility index (Phi) is 7.20. The van der Waals surface area contributed by atoms with Crippen molar-refractivity contribution >= 4 is 0 Å². The second kappa shape index (κ2) is 8.13. The topological polar surface area (TPSA) is 35.5 Å². The zero-order chi connectivity index (χ0) is 13.5.